The molecule has 0 aromatic carbocycles. The summed E-state index contributed by atoms with van der Waals surface area (Å²) in [6, 6.07) is 1.31. The van der Waals surface area contributed by atoms with Crippen molar-refractivity contribution in [3.05, 3.63) is 17.8 Å². The van der Waals surface area contributed by atoms with Gasteiger partial charge >= 0.3 is 6.18 Å². The van der Waals surface area contributed by atoms with Crippen LogP contribution in [0.1, 0.15) is 19.4 Å². The summed E-state index contributed by atoms with van der Waals surface area (Å²) < 4.78 is 39.2. The molecule has 0 radical (unpaired) electrons. The Kier molecular flexibility index (Phi) is 4.08. The highest BCUT2D eigenvalue weighted by Crippen LogP contribution is 2.37. The average Bonchev–Trinajstić information content (AvgIpc) is 2.38. The minimum absolute atomic E-state index is 0.109. The van der Waals surface area contributed by atoms with Crippen LogP contribution in [0.5, 0.6) is 0 Å². The SMILES string of the molecule is CC(C)N1CCN(c2cnc(N)cc2C(F)(F)F)CC1. The Labute approximate surface area is 116 Å². The van der Waals surface area contributed by atoms with Gasteiger partial charge in [0.05, 0.1) is 17.4 Å². The number of rotatable bonds is 2. The van der Waals surface area contributed by atoms with Gasteiger partial charge in [-0.3, -0.25) is 4.90 Å². The number of nitrogens with zero attached hydrogens (tertiary/aromatic N) is 3. The van der Waals surface area contributed by atoms with Crippen LogP contribution in [0.15, 0.2) is 12.3 Å². The van der Waals surface area contributed by atoms with Crippen LogP contribution in [0.3, 0.4) is 0 Å². The van der Waals surface area contributed by atoms with E-state index in [1.807, 2.05) is 0 Å². The smallest absolute Gasteiger partial charge is 0.384 e. The van der Waals surface area contributed by atoms with Gasteiger partial charge in [-0.1, -0.05) is 0 Å². The first kappa shape index (κ1) is 14.9. The van der Waals surface area contributed by atoms with Gasteiger partial charge in [0.25, 0.3) is 0 Å². The molecule has 4 nitrogen and oxygen atoms in total. The van der Waals surface area contributed by atoms with Crippen LogP contribution in [0, 0.1) is 0 Å². The van der Waals surface area contributed by atoms with E-state index in [0.29, 0.717) is 19.1 Å². The van der Waals surface area contributed by atoms with E-state index in [9.17, 15) is 13.2 Å². The molecule has 0 saturated carbocycles. The summed E-state index contributed by atoms with van der Waals surface area (Å²) in [5.74, 6) is -0.109. The highest BCUT2D eigenvalue weighted by molar-refractivity contribution is 5.57. The van der Waals surface area contributed by atoms with Gasteiger partial charge in [-0.25, -0.2) is 4.98 Å². The molecule has 0 amide bonds. The van der Waals surface area contributed by atoms with E-state index < -0.39 is 11.7 Å². The molecule has 1 saturated heterocycles. The van der Waals surface area contributed by atoms with E-state index in [1.54, 1.807) is 4.90 Å². The van der Waals surface area contributed by atoms with Gasteiger partial charge in [0, 0.05) is 32.2 Å². The minimum atomic E-state index is -4.42. The third-order valence-electron chi connectivity index (χ3n) is 3.59. The number of nitrogen functional groups attached to an aromatic ring is 1. The number of pyridine rings is 1. The van der Waals surface area contributed by atoms with Crippen LogP contribution in [0.4, 0.5) is 24.7 Å². The fourth-order valence-electron chi connectivity index (χ4n) is 2.42. The number of aromatic nitrogens is 1. The van der Waals surface area contributed by atoms with Crippen molar-refractivity contribution in [3.63, 3.8) is 0 Å². The molecule has 0 aliphatic carbocycles. The number of nitrogens with two attached hydrogens (primary N) is 1. The largest absolute Gasteiger partial charge is 0.418 e. The summed E-state index contributed by atoms with van der Waals surface area (Å²) in [5.41, 5.74) is 4.79. The molecular formula is C13H19F3N4. The lowest BCUT2D eigenvalue weighted by Gasteiger charge is -2.38. The molecule has 0 spiro atoms. The maximum absolute atomic E-state index is 13.1. The topological polar surface area (TPSA) is 45.4 Å². The molecule has 1 aliphatic rings. The van der Waals surface area contributed by atoms with Crippen LogP contribution in [-0.2, 0) is 6.18 Å². The summed E-state index contributed by atoms with van der Waals surface area (Å²) in [6.45, 7) is 6.79. The Morgan fingerprint density at radius 1 is 1.20 bits per heavy atom. The maximum Gasteiger partial charge on any atom is 0.418 e. The Balaban J connectivity index is 2.22. The van der Waals surface area contributed by atoms with Crippen molar-refractivity contribution in [2.45, 2.75) is 26.1 Å². The fourth-order valence-corrected chi connectivity index (χ4v) is 2.42. The van der Waals surface area contributed by atoms with Gasteiger partial charge in [0.1, 0.15) is 5.82 Å². The fraction of sp³-hybridized carbons (Fsp3) is 0.615. The second-order valence-corrected chi connectivity index (χ2v) is 5.24. The molecular weight excluding hydrogens is 269 g/mol. The molecule has 1 fully saturated rings. The van der Waals surface area contributed by atoms with Crippen molar-refractivity contribution in [2.75, 3.05) is 36.8 Å². The second-order valence-electron chi connectivity index (χ2n) is 5.24. The summed E-state index contributed by atoms with van der Waals surface area (Å²) in [4.78, 5) is 7.78. The molecule has 2 rings (SSSR count). The van der Waals surface area contributed by atoms with E-state index in [0.717, 1.165) is 19.2 Å². The third kappa shape index (κ3) is 3.15. The lowest BCUT2D eigenvalue weighted by Crippen LogP contribution is -2.49. The van der Waals surface area contributed by atoms with Crippen LogP contribution >= 0.6 is 0 Å². The highest BCUT2D eigenvalue weighted by atomic mass is 19.4. The van der Waals surface area contributed by atoms with E-state index in [2.05, 4.69) is 23.7 Å². The zero-order chi connectivity index (χ0) is 14.9. The lowest BCUT2D eigenvalue weighted by atomic mass is 10.1. The van der Waals surface area contributed by atoms with Gasteiger partial charge in [-0.15, -0.1) is 0 Å². The van der Waals surface area contributed by atoms with Crippen molar-refractivity contribution >= 4 is 11.5 Å². The maximum atomic E-state index is 13.1. The first-order valence-corrected chi connectivity index (χ1v) is 6.60. The van der Waals surface area contributed by atoms with Gasteiger partial charge in [-0.2, -0.15) is 13.2 Å². The van der Waals surface area contributed by atoms with Crippen molar-refractivity contribution in [1.29, 1.82) is 0 Å². The highest BCUT2D eigenvalue weighted by Gasteiger charge is 2.36. The second kappa shape index (κ2) is 5.47. The molecule has 0 atom stereocenters. The minimum Gasteiger partial charge on any atom is -0.384 e. The molecule has 7 heteroatoms. The Bertz CT molecular complexity index is 465. The van der Waals surface area contributed by atoms with Crippen molar-refractivity contribution < 1.29 is 13.2 Å². The van der Waals surface area contributed by atoms with E-state index in [1.165, 1.54) is 6.20 Å². The molecule has 2 N–H and O–H groups in total. The van der Waals surface area contributed by atoms with Crippen molar-refractivity contribution in [2.24, 2.45) is 0 Å². The molecule has 20 heavy (non-hydrogen) atoms. The van der Waals surface area contributed by atoms with Gasteiger partial charge in [0.15, 0.2) is 0 Å². The van der Waals surface area contributed by atoms with Gasteiger partial charge in [0.2, 0.25) is 0 Å². The summed E-state index contributed by atoms with van der Waals surface area (Å²) in [7, 11) is 0. The number of hydrogen-bond donors (Lipinski definition) is 1. The molecule has 1 aromatic rings. The number of alkyl halides is 3. The predicted octanol–water partition coefficient (Wildman–Crippen LogP) is 2.21. The third-order valence-corrected chi connectivity index (χ3v) is 3.59. The molecule has 1 aliphatic heterocycles. The normalized spacial score (nSPS) is 17.8. The standard InChI is InChI=1S/C13H19F3N4/c1-9(2)19-3-5-20(6-4-19)11-8-18-12(17)7-10(11)13(14,15)16/h7-9H,3-6H2,1-2H3,(H2,17,18). The molecule has 1 aromatic heterocycles. The van der Waals surface area contributed by atoms with Crippen LogP contribution in [-0.4, -0.2) is 42.1 Å². The molecule has 2 heterocycles. The summed E-state index contributed by atoms with van der Waals surface area (Å²) >= 11 is 0. The van der Waals surface area contributed by atoms with Gasteiger partial charge < -0.3 is 10.6 Å². The van der Waals surface area contributed by atoms with E-state index in [-0.39, 0.29) is 11.5 Å². The summed E-state index contributed by atoms with van der Waals surface area (Å²) in [5, 5.41) is 0. The van der Waals surface area contributed by atoms with Crippen LogP contribution in [0.2, 0.25) is 0 Å². The Morgan fingerprint density at radius 3 is 2.30 bits per heavy atom. The summed E-state index contributed by atoms with van der Waals surface area (Å²) in [6.07, 6.45) is -3.19. The number of halogens is 3. The lowest BCUT2D eigenvalue weighted by molar-refractivity contribution is -0.137. The zero-order valence-electron chi connectivity index (χ0n) is 11.6. The quantitative estimate of drug-likeness (QED) is 0.906. The van der Waals surface area contributed by atoms with Crippen molar-refractivity contribution in [1.82, 2.24) is 9.88 Å². The first-order chi connectivity index (χ1) is 9.29. The van der Waals surface area contributed by atoms with Crippen molar-refractivity contribution in [3.8, 4) is 0 Å². The van der Waals surface area contributed by atoms with Gasteiger partial charge in [-0.05, 0) is 19.9 Å². The van der Waals surface area contributed by atoms with E-state index >= 15 is 0 Å². The number of piperazine rings is 1. The molecule has 0 unspecified atom stereocenters. The first-order valence-electron chi connectivity index (χ1n) is 6.60. The Morgan fingerprint density at radius 2 is 1.80 bits per heavy atom. The van der Waals surface area contributed by atoms with E-state index in [4.69, 9.17) is 5.73 Å². The average molecular weight is 288 g/mol. The molecule has 0 bridgehead atoms. The Hall–Kier alpha value is -1.50. The number of hydrogen-bond acceptors (Lipinski definition) is 4. The zero-order valence-corrected chi connectivity index (χ0v) is 11.6. The predicted molar refractivity (Wildman–Crippen MR) is 72.6 cm³/mol. The van der Waals surface area contributed by atoms with Crippen LogP contribution in [0.25, 0.3) is 0 Å². The monoisotopic (exact) mass is 288 g/mol. The number of anilines is 2. The molecule has 112 valence electrons. The van der Waals surface area contributed by atoms with Crippen LogP contribution < -0.4 is 10.6 Å².